The van der Waals surface area contributed by atoms with Crippen molar-refractivity contribution in [2.75, 3.05) is 13.7 Å². The molecule has 2 N–H and O–H groups in total. The van der Waals surface area contributed by atoms with E-state index in [0.717, 1.165) is 9.87 Å². The molecule has 3 heterocycles. The van der Waals surface area contributed by atoms with Crippen LogP contribution in [0.4, 0.5) is 0 Å². The summed E-state index contributed by atoms with van der Waals surface area (Å²) in [4.78, 5) is 49.7. The van der Waals surface area contributed by atoms with Crippen molar-refractivity contribution in [2.45, 2.75) is 50.9 Å². The first kappa shape index (κ1) is 22.4. The minimum absolute atomic E-state index is 0.0638. The molecule has 0 spiro atoms. The number of hydrogen-bond donors (Lipinski definition) is 2. The van der Waals surface area contributed by atoms with Gasteiger partial charge < -0.3 is 9.64 Å². The molecule has 0 aromatic heterocycles. The molecule has 1 unspecified atom stereocenters. The third-order valence-corrected chi connectivity index (χ3v) is 7.60. The number of nitrogens with zero attached hydrogens (tertiary/aromatic N) is 2. The molecule has 0 bridgehead atoms. The van der Waals surface area contributed by atoms with Crippen LogP contribution in [0.5, 0.6) is 0 Å². The molecule has 0 saturated carbocycles. The molecule has 172 valence electrons. The SMILES string of the molecule is COC(=O)[C@@H]1CCCN1S(=O)(=O)NCc1ccc2c(c1)C(=O)N(C1CCC(=O)NC1=O)C2. The second-order valence-electron chi connectivity index (χ2n) is 8.01. The van der Waals surface area contributed by atoms with Crippen LogP contribution in [0, 0.1) is 0 Å². The summed E-state index contributed by atoms with van der Waals surface area (Å²) in [5.41, 5.74) is 1.70. The Kier molecular flexibility index (Phi) is 6.01. The Balaban J connectivity index is 1.44. The van der Waals surface area contributed by atoms with E-state index >= 15 is 0 Å². The number of methoxy groups -OCH3 is 1. The van der Waals surface area contributed by atoms with Gasteiger partial charge in [-0.2, -0.15) is 17.4 Å². The summed E-state index contributed by atoms with van der Waals surface area (Å²) in [5.74, 6) is -1.76. The first-order chi connectivity index (χ1) is 15.2. The molecule has 1 aromatic rings. The van der Waals surface area contributed by atoms with Gasteiger partial charge in [-0.1, -0.05) is 12.1 Å². The molecule has 3 amide bonds. The zero-order chi connectivity index (χ0) is 23.0. The second kappa shape index (κ2) is 8.60. The van der Waals surface area contributed by atoms with Gasteiger partial charge in [0.05, 0.1) is 7.11 Å². The Morgan fingerprint density at radius 2 is 2.03 bits per heavy atom. The average molecular weight is 465 g/mol. The van der Waals surface area contributed by atoms with Crippen LogP contribution in [-0.4, -0.2) is 67.1 Å². The minimum Gasteiger partial charge on any atom is -0.468 e. The number of carbonyl (C=O) groups excluding carboxylic acids is 4. The lowest BCUT2D eigenvalue weighted by Gasteiger charge is -2.29. The fraction of sp³-hybridized carbons (Fsp3) is 0.500. The van der Waals surface area contributed by atoms with Crippen LogP contribution in [0.15, 0.2) is 18.2 Å². The van der Waals surface area contributed by atoms with Crippen molar-refractivity contribution in [3.63, 3.8) is 0 Å². The molecule has 12 heteroatoms. The van der Waals surface area contributed by atoms with Gasteiger partial charge in [0.1, 0.15) is 12.1 Å². The summed E-state index contributed by atoms with van der Waals surface area (Å²) in [7, 11) is -2.71. The summed E-state index contributed by atoms with van der Waals surface area (Å²) < 4.78 is 33.7. The molecule has 4 rings (SSSR count). The number of carbonyl (C=O) groups is 4. The smallest absolute Gasteiger partial charge is 0.324 e. The summed E-state index contributed by atoms with van der Waals surface area (Å²) >= 11 is 0. The molecule has 32 heavy (non-hydrogen) atoms. The molecular weight excluding hydrogens is 440 g/mol. The average Bonchev–Trinajstić information content (AvgIpc) is 3.38. The highest BCUT2D eigenvalue weighted by molar-refractivity contribution is 7.87. The summed E-state index contributed by atoms with van der Waals surface area (Å²) in [6.07, 6.45) is 1.40. The zero-order valence-corrected chi connectivity index (χ0v) is 18.3. The van der Waals surface area contributed by atoms with Crippen molar-refractivity contribution >= 4 is 33.9 Å². The van der Waals surface area contributed by atoms with E-state index in [4.69, 9.17) is 4.74 Å². The summed E-state index contributed by atoms with van der Waals surface area (Å²) in [6, 6.07) is 3.50. The van der Waals surface area contributed by atoms with E-state index in [1.807, 2.05) is 0 Å². The number of piperidine rings is 1. The van der Waals surface area contributed by atoms with E-state index in [-0.39, 0.29) is 44.3 Å². The maximum absolute atomic E-state index is 12.9. The van der Waals surface area contributed by atoms with Crippen LogP contribution in [-0.2, 0) is 42.4 Å². The van der Waals surface area contributed by atoms with E-state index < -0.39 is 34.2 Å². The van der Waals surface area contributed by atoms with E-state index in [1.165, 1.54) is 12.0 Å². The molecule has 3 aliphatic rings. The van der Waals surface area contributed by atoms with Gasteiger partial charge in [-0.3, -0.25) is 24.5 Å². The lowest BCUT2D eigenvalue weighted by Crippen LogP contribution is -2.52. The van der Waals surface area contributed by atoms with Gasteiger partial charge in [-0.25, -0.2) is 0 Å². The molecule has 2 fully saturated rings. The van der Waals surface area contributed by atoms with Crippen molar-refractivity contribution in [3.05, 3.63) is 34.9 Å². The van der Waals surface area contributed by atoms with Crippen molar-refractivity contribution in [3.8, 4) is 0 Å². The van der Waals surface area contributed by atoms with Crippen LogP contribution >= 0.6 is 0 Å². The van der Waals surface area contributed by atoms with Gasteiger partial charge in [0, 0.05) is 31.6 Å². The quantitative estimate of drug-likeness (QED) is 0.424. The Bertz CT molecular complexity index is 1090. The Hall–Kier alpha value is -2.83. The Morgan fingerprint density at radius 3 is 2.75 bits per heavy atom. The largest absolute Gasteiger partial charge is 0.468 e. The lowest BCUT2D eigenvalue weighted by atomic mass is 10.0. The number of rotatable bonds is 6. The number of imide groups is 1. The number of esters is 1. The molecular formula is C20H24N4O7S. The minimum atomic E-state index is -3.93. The molecule has 2 saturated heterocycles. The molecule has 11 nitrogen and oxygen atoms in total. The van der Waals surface area contributed by atoms with Gasteiger partial charge >= 0.3 is 5.97 Å². The van der Waals surface area contributed by atoms with Crippen molar-refractivity contribution in [1.82, 2.24) is 19.2 Å². The standard InChI is InChI=1S/C20H24N4O7S/c1-31-20(28)16-3-2-8-24(16)32(29,30)21-10-12-4-5-13-11-23(19(27)14(13)9-12)15-6-7-17(25)22-18(15)26/h4-5,9,15-16,21H,2-3,6-8,10-11H2,1H3,(H,22,25,26)/t15?,16-/m0/s1. The number of ether oxygens (including phenoxy) is 1. The first-order valence-electron chi connectivity index (χ1n) is 10.3. The molecule has 0 radical (unpaired) electrons. The van der Waals surface area contributed by atoms with Crippen LogP contribution in [0.2, 0.25) is 0 Å². The summed E-state index contributed by atoms with van der Waals surface area (Å²) in [5, 5.41) is 2.26. The third-order valence-electron chi connectivity index (χ3n) is 6.04. The Morgan fingerprint density at radius 1 is 1.25 bits per heavy atom. The van der Waals surface area contributed by atoms with Gasteiger partial charge in [0.15, 0.2) is 0 Å². The monoisotopic (exact) mass is 464 g/mol. The van der Waals surface area contributed by atoms with Gasteiger partial charge in [0.2, 0.25) is 11.8 Å². The van der Waals surface area contributed by atoms with Gasteiger partial charge in [-0.15, -0.1) is 0 Å². The predicted molar refractivity (Wildman–Crippen MR) is 110 cm³/mol. The molecule has 2 atom stereocenters. The number of amides is 3. The highest BCUT2D eigenvalue weighted by Crippen LogP contribution is 2.28. The second-order valence-corrected chi connectivity index (χ2v) is 9.72. The van der Waals surface area contributed by atoms with Crippen molar-refractivity contribution < 1.29 is 32.3 Å². The molecule has 3 aliphatic heterocycles. The third kappa shape index (κ3) is 4.12. The van der Waals surface area contributed by atoms with E-state index in [0.29, 0.717) is 24.0 Å². The number of benzene rings is 1. The van der Waals surface area contributed by atoms with Crippen molar-refractivity contribution in [2.24, 2.45) is 0 Å². The first-order valence-corrected chi connectivity index (χ1v) is 11.8. The number of nitrogens with one attached hydrogen (secondary N) is 2. The van der Waals surface area contributed by atoms with Crippen LogP contribution in [0.3, 0.4) is 0 Å². The van der Waals surface area contributed by atoms with E-state index in [1.54, 1.807) is 18.2 Å². The number of fused-ring (bicyclic) bond motifs is 1. The lowest BCUT2D eigenvalue weighted by molar-refractivity contribution is -0.144. The topological polar surface area (TPSA) is 142 Å². The normalized spacial score (nSPS) is 23.9. The maximum Gasteiger partial charge on any atom is 0.324 e. The van der Waals surface area contributed by atoms with Gasteiger partial charge in [-0.05, 0) is 36.5 Å². The van der Waals surface area contributed by atoms with Crippen molar-refractivity contribution in [1.29, 1.82) is 0 Å². The fourth-order valence-corrected chi connectivity index (χ4v) is 5.78. The van der Waals surface area contributed by atoms with Crippen LogP contribution < -0.4 is 10.0 Å². The molecule has 0 aliphatic carbocycles. The predicted octanol–water partition coefficient (Wildman–Crippen LogP) is -0.581. The zero-order valence-electron chi connectivity index (χ0n) is 17.5. The molecule has 1 aromatic carbocycles. The van der Waals surface area contributed by atoms with Crippen LogP contribution in [0.25, 0.3) is 0 Å². The van der Waals surface area contributed by atoms with E-state index in [2.05, 4.69) is 10.0 Å². The van der Waals surface area contributed by atoms with E-state index in [9.17, 15) is 27.6 Å². The van der Waals surface area contributed by atoms with Gasteiger partial charge in [0.25, 0.3) is 16.1 Å². The Labute approximate surface area is 185 Å². The highest BCUT2D eigenvalue weighted by Gasteiger charge is 2.40. The maximum atomic E-state index is 12.9. The fourth-order valence-electron chi connectivity index (χ4n) is 4.37. The number of hydrogen-bond acceptors (Lipinski definition) is 7. The summed E-state index contributed by atoms with van der Waals surface area (Å²) in [6.45, 7) is 0.408. The highest BCUT2D eigenvalue weighted by atomic mass is 32.2. The van der Waals surface area contributed by atoms with Crippen LogP contribution in [0.1, 0.15) is 47.2 Å².